The number of nitrogens with one attached hydrogen (secondary N) is 1. The van der Waals surface area contributed by atoms with Gasteiger partial charge in [-0.2, -0.15) is 0 Å². The van der Waals surface area contributed by atoms with Crippen LogP contribution in [-0.2, 0) is 9.59 Å². The van der Waals surface area contributed by atoms with Gasteiger partial charge in [0.15, 0.2) is 0 Å². The van der Waals surface area contributed by atoms with Crippen molar-refractivity contribution < 1.29 is 14.7 Å². The highest BCUT2D eigenvalue weighted by atomic mass is 16.4. The van der Waals surface area contributed by atoms with Crippen LogP contribution in [0.2, 0.25) is 0 Å². The molecule has 0 unspecified atom stereocenters. The normalized spacial score (nSPS) is 37.0. The Morgan fingerprint density at radius 3 is 2.14 bits per heavy atom. The van der Waals surface area contributed by atoms with E-state index in [1.165, 1.54) is 0 Å². The first-order valence-corrected chi connectivity index (χ1v) is 8.52. The largest absolute Gasteiger partial charge is 0.480 e. The highest BCUT2D eigenvalue weighted by Crippen LogP contribution is 2.35. The van der Waals surface area contributed by atoms with Crippen molar-refractivity contribution in [3.8, 4) is 0 Å². The summed E-state index contributed by atoms with van der Waals surface area (Å²) in [5.74, 6) is 0.447. The lowest BCUT2D eigenvalue weighted by Crippen LogP contribution is -2.57. The average molecular weight is 295 g/mol. The third-order valence-electron chi connectivity index (χ3n) is 5.69. The van der Waals surface area contributed by atoms with E-state index < -0.39 is 11.5 Å². The number of amides is 1. The summed E-state index contributed by atoms with van der Waals surface area (Å²) in [4.78, 5) is 24.2. The van der Waals surface area contributed by atoms with E-state index in [0.717, 1.165) is 44.9 Å². The van der Waals surface area contributed by atoms with Crippen LogP contribution in [-0.4, -0.2) is 22.5 Å². The Balaban J connectivity index is 1.97. The fourth-order valence-corrected chi connectivity index (χ4v) is 3.83. The highest BCUT2D eigenvalue weighted by Gasteiger charge is 2.44. The zero-order valence-electron chi connectivity index (χ0n) is 13.4. The van der Waals surface area contributed by atoms with Gasteiger partial charge in [-0.3, -0.25) is 4.79 Å². The summed E-state index contributed by atoms with van der Waals surface area (Å²) in [6, 6.07) is 0. The Morgan fingerprint density at radius 2 is 1.67 bits per heavy atom. The van der Waals surface area contributed by atoms with E-state index in [1.807, 2.05) is 0 Å². The fraction of sp³-hybridized carbons (Fsp3) is 0.882. The third kappa shape index (κ3) is 3.78. The van der Waals surface area contributed by atoms with Gasteiger partial charge in [-0.15, -0.1) is 0 Å². The quantitative estimate of drug-likeness (QED) is 0.836. The molecular formula is C17H29NO3. The number of carboxylic acid groups (broad SMARTS) is 1. The van der Waals surface area contributed by atoms with Crippen molar-refractivity contribution in [2.24, 2.45) is 17.8 Å². The van der Waals surface area contributed by atoms with Gasteiger partial charge in [-0.05, 0) is 63.2 Å². The molecule has 120 valence electrons. The van der Waals surface area contributed by atoms with Gasteiger partial charge in [0.05, 0.1) is 0 Å². The van der Waals surface area contributed by atoms with Gasteiger partial charge in [0.2, 0.25) is 5.91 Å². The molecule has 4 nitrogen and oxygen atoms in total. The van der Waals surface area contributed by atoms with Crippen molar-refractivity contribution in [1.82, 2.24) is 5.32 Å². The second-order valence-corrected chi connectivity index (χ2v) is 7.18. The molecule has 1 amide bonds. The average Bonchev–Trinajstić information content (AvgIpc) is 2.48. The standard InChI is InChI=1S/C17H29NO3/c1-3-13-8-10-17(11-9-13,16(20)21)18-15(19)14-6-4-12(2)5-7-14/h12-14H,3-11H2,1-2H3,(H,18,19)(H,20,21). The molecule has 2 rings (SSSR count). The van der Waals surface area contributed by atoms with E-state index in [2.05, 4.69) is 19.2 Å². The summed E-state index contributed by atoms with van der Waals surface area (Å²) in [5, 5.41) is 12.5. The highest BCUT2D eigenvalue weighted by molar-refractivity contribution is 5.88. The smallest absolute Gasteiger partial charge is 0.329 e. The maximum Gasteiger partial charge on any atom is 0.329 e. The van der Waals surface area contributed by atoms with Crippen LogP contribution in [0.3, 0.4) is 0 Å². The number of carboxylic acids is 1. The molecular weight excluding hydrogens is 266 g/mol. The molecule has 0 atom stereocenters. The minimum atomic E-state index is -1.01. The maximum atomic E-state index is 12.5. The molecule has 0 aromatic rings. The van der Waals surface area contributed by atoms with Crippen LogP contribution in [0.4, 0.5) is 0 Å². The van der Waals surface area contributed by atoms with Crippen molar-refractivity contribution in [3.05, 3.63) is 0 Å². The van der Waals surface area contributed by atoms with Crippen molar-refractivity contribution >= 4 is 11.9 Å². The number of hydrogen-bond donors (Lipinski definition) is 2. The van der Waals surface area contributed by atoms with Crippen molar-refractivity contribution in [2.45, 2.75) is 77.2 Å². The van der Waals surface area contributed by atoms with Gasteiger partial charge in [0.1, 0.15) is 5.54 Å². The van der Waals surface area contributed by atoms with Gasteiger partial charge in [-0.1, -0.05) is 20.3 Å². The number of hydrogen-bond acceptors (Lipinski definition) is 2. The summed E-state index contributed by atoms with van der Waals surface area (Å²) in [6.07, 6.45) is 8.04. The van der Waals surface area contributed by atoms with E-state index in [0.29, 0.717) is 24.7 Å². The molecule has 2 saturated carbocycles. The molecule has 2 fully saturated rings. The molecule has 21 heavy (non-hydrogen) atoms. The van der Waals surface area contributed by atoms with Crippen molar-refractivity contribution in [2.75, 3.05) is 0 Å². The molecule has 0 saturated heterocycles. The van der Waals surface area contributed by atoms with Crippen LogP contribution >= 0.6 is 0 Å². The second kappa shape index (κ2) is 6.80. The molecule has 2 N–H and O–H groups in total. The topological polar surface area (TPSA) is 66.4 Å². The summed E-state index contributed by atoms with van der Waals surface area (Å²) in [6.45, 7) is 4.37. The molecule has 0 aromatic carbocycles. The summed E-state index contributed by atoms with van der Waals surface area (Å²) >= 11 is 0. The Bertz CT molecular complexity index is 377. The van der Waals surface area contributed by atoms with Gasteiger partial charge < -0.3 is 10.4 Å². The molecule has 0 spiro atoms. The predicted molar refractivity (Wildman–Crippen MR) is 81.9 cm³/mol. The van der Waals surface area contributed by atoms with Crippen LogP contribution < -0.4 is 5.32 Å². The Morgan fingerprint density at radius 1 is 1.10 bits per heavy atom. The Labute approximate surface area is 127 Å². The molecule has 0 heterocycles. The van der Waals surface area contributed by atoms with E-state index in [4.69, 9.17) is 0 Å². The molecule has 4 heteroatoms. The third-order valence-corrected chi connectivity index (χ3v) is 5.69. The van der Waals surface area contributed by atoms with Gasteiger partial charge >= 0.3 is 5.97 Å². The number of rotatable bonds is 4. The van der Waals surface area contributed by atoms with Gasteiger partial charge in [0.25, 0.3) is 0 Å². The molecule has 0 bridgehead atoms. The van der Waals surface area contributed by atoms with Gasteiger partial charge in [0, 0.05) is 5.92 Å². The van der Waals surface area contributed by atoms with E-state index in [1.54, 1.807) is 0 Å². The van der Waals surface area contributed by atoms with Gasteiger partial charge in [-0.25, -0.2) is 4.79 Å². The number of aliphatic carboxylic acids is 1. The SMILES string of the molecule is CCC1CCC(NC(=O)C2CCC(C)CC2)(C(=O)O)CC1. The van der Waals surface area contributed by atoms with Crippen LogP contribution in [0.25, 0.3) is 0 Å². The monoisotopic (exact) mass is 295 g/mol. The van der Waals surface area contributed by atoms with Crippen molar-refractivity contribution in [1.29, 1.82) is 0 Å². The lowest BCUT2D eigenvalue weighted by molar-refractivity contribution is -0.150. The lowest BCUT2D eigenvalue weighted by Gasteiger charge is -2.38. The summed E-state index contributed by atoms with van der Waals surface area (Å²) < 4.78 is 0. The zero-order valence-corrected chi connectivity index (χ0v) is 13.4. The Hall–Kier alpha value is -1.06. The van der Waals surface area contributed by atoms with Crippen LogP contribution in [0.15, 0.2) is 0 Å². The lowest BCUT2D eigenvalue weighted by atomic mass is 9.75. The summed E-state index contributed by atoms with van der Waals surface area (Å²) in [7, 11) is 0. The molecule has 0 aliphatic heterocycles. The number of carbonyl (C=O) groups excluding carboxylic acids is 1. The van der Waals surface area contributed by atoms with Crippen LogP contribution in [0.1, 0.15) is 71.6 Å². The van der Waals surface area contributed by atoms with E-state index in [9.17, 15) is 14.7 Å². The van der Waals surface area contributed by atoms with E-state index in [-0.39, 0.29) is 11.8 Å². The van der Waals surface area contributed by atoms with Crippen molar-refractivity contribution in [3.63, 3.8) is 0 Å². The first-order chi connectivity index (χ1) is 9.97. The second-order valence-electron chi connectivity index (χ2n) is 7.18. The molecule has 0 aromatic heterocycles. The first-order valence-electron chi connectivity index (χ1n) is 8.52. The Kier molecular flexibility index (Phi) is 5.28. The number of carbonyl (C=O) groups is 2. The zero-order chi connectivity index (χ0) is 15.5. The molecule has 2 aliphatic rings. The summed E-state index contributed by atoms with van der Waals surface area (Å²) in [5.41, 5.74) is -1.01. The van der Waals surface area contributed by atoms with E-state index >= 15 is 0 Å². The molecule has 2 aliphatic carbocycles. The first kappa shape index (κ1) is 16.3. The minimum absolute atomic E-state index is 0.0151. The van der Waals surface area contributed by atoms with Crippen LogP contribution in [0.5, 0.6) is 0 Å². The predicted octanol–water partition coefficient (Wildman–Crippen LogP) is 3.35. The molecule has 0 radical (unpaired) electrons. The van der Waals surface area contributed by atoms with Crippen LogP contribution in [0, 0.1) is 17.8 Å². The maximum absolute atomic E-state index is 12.5. The minimum Gasteiger partial charge on any atom is -0.480 e. The fourth-order valence-electron chi connectivity index (χ4n) is 3.83.